The van der Waals surface area contributed by atoms with E-state index in [4.69, 9.17) is 5.73 Å². The molecule has 2 rings (SSSR count). The minimum Gasteiger partial charge on any atom is -0.318 e. The summed E-state index contributed by atoms with van der Waals surface area (Å²) in [5.41, 5.74) is 6.24. The molecular weight excluding hydrogens is 270 g/mol. The number of benzene rings is 1. The quantitative estimate of drug-likeness (QED) is 0.887. The summed E-state index contributed by atoms with van der Waals surface area (Å²) >= 11 is 1.45. The number of aromatic nitrogens is 1. The van der Waals surface area contributed by atoms with Crippen LogP contribution in [0.4, 0.5) is 5.13 Å². The molecule has 1 atom stereocenters. The van der Waals surface area contributed by atoms with E-state index in [1.165, 1.54) is 11.3 Å². The van der Waals surface area contributed by atoms with Crippen molar-refractivity contribution in [1.29, 1.82) is 0 Å². The highest BCUT2D eigenvalue weighted by molar-refractivity contribution is 7.19. The SMILES string of the molecule is CCCC(C)(N)C(=O)Nc1ncc(-c2ccccc2)s1. The second-order valence-corrected chi connectivity index (χ2v) is 6.05. The van der Waals surface area contributed by atoms with Gasteiger partial charge in [-0.2, -0.15) is 0 Å². The fourth-order valence-corrected chi connectivity index (χ4v) is 2.76. The van der Waals surface area contributed by atoms with Gasteiger partial charge in [0.15, 0.2) is 5.13 Å². The first-order valence-electron chi connectivity index (χ1n) is 6.64. The summed E-state index contributed by atoms with van der Waals surface area (Å²) in [6.45, 7) is 3.76. The van der Waals surface area contributed by atoms with Gasteiger partial charge in [0.05, 0.1) is 10.4 Å². The molecule has 106 valence electrons. The number of nitrogens with zero attached hydrogens (tertiary/aromatic N) is 1. The molecule has 2 aromatic rings. The maximum absolute atomic E-state index is 12.1. The Morgan fingerprint density at radius 3 is 2.75 bits per heavy atom. The highest BCUT2D eigenvalue weighted by Gasteiger charge is 2.27. The molecule has 1 unspecified atom stereocenters. The molecule has 1 heterocycles. The summed E-state index contributed by atoms with van der Waals surface area (Å²) in [5, 5.41) is 3.39. The molecule has 0 aliphatic carbocycles. The fourth-order valence-electron chi connectivity index (χ4n) is 1.94. The zero-order valence-electron chi connectivity index (χ0n) is 11.7. The number of nitrogens with two attached hydrogens (primary N) is 1. The Kier molecular flexibility index (Phi) is 4.52. The lowest BCUT2D eigenvalue weighted by Gasteiger charge is -2.21. The van der Waals surface area contributed by atoms with Crippen molar-refractivity contribution in [2.75, 3.05) is 5.32 Å². The molecule has 5 heteroatoms. The van der Waals surface area contributed by atoms with E-state index in [2.05, 4.69) is 10.3 Å². The number of thiazole rings is 1. The third kappa shape index (κ3) is 3.43. The van der Waals surface area contributed by atoms with Crippen molar-refractivity contribution in [2.24, 2.45) is 5.73 Å². The maximum Gasteiger partial charge on any atom is 0.245 e. The van der Waals surface area contributed by atoms with Crippen molar-refractivity contribution in [3.63, 3.8) is 0 Å². The third-order valence-electron chi connectivity index (χ3n) is 3.07. The second kappa shape index (κ2) is 6.15. The minimum absolute atomic E-state index is 0.187. The first-order valence-corrected chi connectivity index (χ1v) is 7.46. The van der Waals surface area contributed by atoms with E-state index in [0.29, 0.717) is 11.6 Å². The number of hydrogen-bond donors (Lipinski definition) is 2. The first-order chi connectivity index (χ1) is 9.53. The van der Waals surface area contributed by atoms with Crippen molar-refractivity contribution in [3.05, 3.63) is 36.5 Å². The lowest BCUT2D eigenvalue weighted by Crippen LogP contribution is -2.48. The first kappa shape index (κ1) is 14.7. The number of carbonyl (C=O) groups excluding carboxylic acids is 1. The zero-order valence-corrected chi connectivity index (χ0v) is 12.5. The molecule has 0 bridgehead atoms. The molecule has 20 heavy (non-hydrogen) atoms. The number of hydrogen-bond acceptors (Lipinski definition) is 4. The smallest absolute Gasteiger partial charge is 0.245 e. The Morgan fingerprint density at radius 1 is 1.40 bits per heavy atom. The summed E-state index contributed by atoms with van der Waals surface area (Å²) in [7, 11) is 0. The van der Waals surface area contributed by atoms with Crippen LogP contribution < -0.4 is 11.1 Å². The Morgan fingerprint density at radius 2 is 2.10 bits per heavy atom. The Hall–Kier alpha value is -1.72. The van der Waals surface area contributed by atoms with Crippen molar-refractivity contribution in [2.45, 2.75) is 32.2 Å². The normalized spacial score (nSPS) is 13.8. The van der Waals surface area contributed by atoms with Crippen LogP contribution in [0, 0.1) is 0 Å². The number of anilines is 1. The van der Waals surface area contributed by atoms with Gasteiger partial charge in [0, 0.05) is 6.20 Å². The predicted molar refractivity (Wildman–Crippen MR) is 83.7 cm³/mol. The molecule has 0 aliphatic heterocycles. The summed E-state index contributed by atoms with van der Waals surface area (Å²) in [5.74, 6) is -0.187. The Balaban J connectivity index is 2.09. The third-order valence-corrected chi connectivity index (χ3v) is 4.03. The molecule has 3 N–H and O–H groups in total. The number of nitrogens with one attached hydrogen (secondary N) is 1. The van der Waals surface area contributed by atoms with Crippen LogP contribution >= 0.6 is 11.3 Å². The van der Waals surface area contributed by atoms with Gasteiger partial charge in [-0.05, 0) is 18.9 Å². The van der Waals surface area contributed by atoms with Crippen molar-refractivity contribution >= 4 is 22.4 Å². The predicted octanol–water partition coefficient (Wildman–Crippen LogP) is 3.27. The van der Waals surface area contributed by atoms with Crippen LogP contribution in [-0.4, -0.2) is 16.4 Å². The number of rotatable bonds is 5. The summed E-state index contributed by atoms with van der Waals surface area (Å²) < 4.78 is 0. The zero-order chi connectivity index (χ0) is 14.6. The lowest BCUT2D eigenvalue weighted by molar-refractivity contribution is -0.120. The Bertz CT molecular complexity index is 578. The molecule has 1 aromatic carbocycles. The largest absolute Gasteiger partial charge is 0.318 e. The van der Waals surface area contributed by atoms with Gasteiger partial charge in [-0.1, -0.05) is 55.0 Å². The minimum atomic E-state index is -0.854. The Labute approximate surface area is 123 Å². The van der Waals surface area contributed by atoms with Crippen LogP contribution in [0.2, 0.25) is 0 Å². The maximum atomic E-state index is 12.1. The van der Waals surface area contributed by atoms with E-state index in [1.54, 1.807) is 13.1 Å². The number of carbonyl (C=O) groups is 1. The van der Waals surface area contributed by atoms with Crippen LogP contribution in [0.5, 0.6) is 0 Å². The number of amides is 1. The van der Waals surface area contributed by atoms with Crippen LogP contribution in [0.3, 0.4) is 0 Å². The molecule has 0 saturated carbocycles. The van der Waals surface area contributed by atoms with E-state index in [1.807, 2.05) is 37.3 Å². The van der Waals surface area contributed by atoms with Crippen LogP contribution in [0.15, 0.2) is 36.5 Å². The van der Waals surface area contributed by atoms with Crippen LogP contribution in [-0.2, 0) is 4.79 Å². The van der Waals surface area contributed by atoms with E-state index in [9.17, 15) is 4.79 Å². The van der Waals surface area contributed by atoms with E-state index in [-0.39, 0.29) is 5.91 Å². The lowest BCUT2D eigenvalue weighted by atomic mass is 9.97. The average Bonchev–Trinajstić information content (AvgIpc) is 2.88. The fraction of sp³-hybridized carbons (Fsp3) is 0.333. The van der Waals surface area contributed by atoms with E-state index >= 15 is 0 Å². The highest BCUT2D eigenvalue weighted by Crippen LogP contribution is 2.29. The molecular formula is C15H19N3OS. The van der Waals surface area contributed by atoms with Gasteiger partial charge in [-0.25, -0.2) is 4.98 Å². The highest BCUT2D eigenvalue weighted by atomic mass is 32.1. The van der Waals surface area contributed by atoms with Crippen molar-refractivity contribution in [1.82, 2.24) is 4.98 Å². The van der Waals surface area contributed by atoms with Gasteiger partial charge >= 0.3 is 0 Å². The average molecular weight is 289 g/mol. The summed E-state index contributed by atoms with van der Waals surface area (Å²) in [6.07, 6.45) is 3.28. The van der Waals surface area contributed by atoms with Gasteiger partial charge in [0.1, 0.15) is 0 Å². The van der Waals surface area contributed by atoms with Gasteiger partial charge in [0.2, 0.25) is 5.91 Å². The van der Waals surface area contributed by atoms with Crippen molar-refractivity contribution in [3.8, 4) is 10.4 Å². The molecule has 0 aliphatic rings. The molecule has 0 radical (unpaired) electrons. The monoisotopic (exact) mass is 289 g/mol. The van der Waals surface area contributed by atoms with Gasteiger partial charge in [0.25, 0.3) is 0 Å². The molecule has 0 saturated heterocycles. The summed E-state index contributed by atoms with van der Waals surface area (Å²) in [4.78, 5) is 17.4. The molecule has 4 nitrogen and oxygen atoms in total. The van der Waals surface area contributed by atoms with E-state index < -0.39 is 5.54 Å². The van der Waals surface area contributed by atoms with E-state index in [0.717, 1.165) is 16.9 Å². The molecule has 0 spiro atoms. The van der Waals surface area contributed by atoms with Crippen molar-refractivity contribution < 1.29 is 4.79 Å². The standard InChI is InChI=1S/C15H19N3OS/c1-3-9-15(2,16)13(19)18-14-17-10-12(20-14)11-7-5-4-6-8-11/h4-8,10H,3,9,16H2,1-2H3,(H,17,18,19). The topological polar surface area (TPSA) is 68.0 Å². The summed E-state index contributed by atoms with van der Waals surface area (Å²) in [6, 6.07) is 9.96. The molecule has 0 fully saturated rings. The molecule has 1 aromatic heterocycles. The van der Waals surface area contributed by atoms with Crippen LogP contribution in [0.1, 0.15) is 26.7 Å². The van der Waals surface area contributed by atoms with Crippen LogP contribution in [0.25, 0.3) is 10.4 Å². The van der Waals surface area contributed by atoms with Gasteiger partial charge in [-0.3, -0.25) is 4.79 Å². The molecule has 1 amide bonds. The second-order valence-electron chi connectivity index (χ2n) is 5.02. The van der Waals surface area contributed by atoms with Gasteiger partial charge in [-0.15, -0.1) is 0 Å². The van der Waals surface area contributed by atoms with Gasteiger partial charge < -0.3 is 11.1 Å².